The molecule has 1 aromatic carbocycles. The van der Waals surface area contributed by atoms with Crippen molar-refractivity contribution in [1.29, 1.82) is 0 Å². The number of ether oxygens (including phenoxy) is 2. The first-order chi connectivity index (χ1) is 13.8. The maximum absolute atomic E-state index is 12.8. The number of aromatic nitrogens is 2. The van der Waals surface area contributed by atoms with Crippen LogP contribution in [-0.4, -0.2) is 27.4 Å². The van der Waals surface area contributed by atoms with Gasteiger partial charge in [0.05, 0.1) is 16.8 Å². The lowest BCUT2D eigenvalue weighted by Crippen LogP contribution is -2.32. The largest absolute Gasteiger partial charge is 0.478 e. The molecule has 0 amide bonds. The molecule has 28 heavy (non-hydrogen) atoms. The van der Waals surface area contributed by atoms with Crippen LogP contribution in [0.3, 0.4) is 0 Å². The van der Waals surface area contributed by atoms with Gasteiger partial charge in [-0.3, -0.25) is 19.7 Å². The average Bonchev–Trinajstić information content (AvgIpc) is 3.05. The highest BCUT2D eigenvalue weighted by molar-refractivity contribution is 6.15. The van der Waals surface area contributed by atoms with Gasteiger partial charge in [-0.15, -0.1) is 0 Å². The number of rotatable bonds is 3. The standard InChI is InChI=1S/C22H17N3O3/c26-21-17-4-5-19-18(13-25(14-27-19)12-16-3-1-2-8-24-16)22(17)28-20(21)11-15-6-9-23-10-7-15/h1-11H,12-14H2. The second-order valence-electron chi connectivity index (χ2n) is 6.72. The smallest absolute Gasteiger partial charge is 0.231 e. The number of hydrogen-bond donors (Lipinski definition) is 0. The van der Waals surface area contributed by atoms with Gasteiger partial charge in [-0.05, 0) is 48.0 Å². The third-order valence-electron chi connectivity index (χ3n) is 4.80. The van der Waals surface area contributed by atoms with Crippen molar-refractivity contribution < 1.29 is 14.3 Å². The third-order valence-corrected chi connectivity index (χ3v) is 4.80. The summed E-state index contributed by atoms with van der Waals surface area (Å²) in [6.45, 7) is 1.76. The van der Waals surface area contributed by atoms with Crippen molar-refractivity contribution in [3.8, 4) is 11.5 Å². The van der Waals surface area contributed by atoms with Crippen molar-refractivity contribution in [1.82, 2.24) is 14.9 Å². The molecule has 5 rings (SSSR count). The number of Topliss-reactive ketones (excluding diaryl/α,β-unsaturated/α-hetero) is 1. The summed E-state index contributed by atoms with van der Waals surface area (Å²) in [6.07, 6.45) is 6.89. The van der Waals surface area contributed by atoms with Gasteiger partial charge in [0.1, 0.15) is 18.2 Å². The molecular formula is C22H17N3O3. The van der Waals surface area contributed by atoms with E-state index < -0.39 is 0 Å². The Morgan fingerprint density at radius 2 is 1.96 bits per heavy atom. The number of carbonyl (C=O) groups excluding carboxylic acids is 1. The van der Waals surface area contributed by atoms with Crippen LogP contribution in [0.25, 0.3) is 6.08 Å². The molecule has 0 aliphatic carbocycles. The fourth-order valence-electron chi connectivity index (χ4n) is 3.44. The molecule has 2 aliphatic heterocycles. The van der Waals surface area contributed by atoms with E-state index in [1.54, 1.807) is 30.7 Å². The molecule has 3 aromatic rings. The lowest BCUT2D eigenvalue weighted by Gasteiger charge is -2.29. The van der Waals surface area contributed by atoms with Crippen molar-refractivity contribution in [2.24, 2.45) is 0 Å². The number of ketones is 1. The van der Waals surface area contributed by atoms with E-state index in [1.807, 2.05) is 36.4 Å². The molecule has 0 bridgehead atoms. The summed E-state index contributed by atoms with van der Waals surface area (Å²) in [7, 11) is 0. The minimum atomic E-state index is -0.114. The molecule has 0 saturated carbocycles. The van der Waals surface area contributed by atoms with Crippen LogP contribution < -0.4 is 9.47 Å². The zero-order valence-electron chi connectivity index (χ0n) is 15.0. The first-order valence-electron chi connectivity index (χ1n) is 9.03. The van der Waals surface area contributed by atoms with E-state index in [-0.39, 0.29) is 5.78 Å². The Bertz CT molecular complexity index is 1070. The molecule has 0 radical (unpaired) electrons. The van der Waals surface area contributed by atoms with Crippen LogP contribution in [0.4, 0.5) is 0 Å². The normalized spacial score (nSPS) is 17.0. The highest BCUT2D eigenvalue weighted by atomic mass is 16.5. The maximum Gasteiger partial charge on any atom is 0.231 e. The van der Waals surface area contributed by atoms with Gasteiger partial charge in [0.15, 0.2) is 5.76 Å². The van der Waals surface area contributed by atoms with Crippen LogP contribution in [-0.2, 0) is 13.1 Å². The van der Waals surface area contributed by atoms with E-state index in [1.165, 1.54) is 0 Å². The van der Waals surface area contributed by atoms with Crippen molar-refractivity contribution in [3.05, 3.63) is 89.2 Å². The molecule has 0 unspecified atom stereocenters. The van der Waals surface area contributed by atoms with Crippen molar-refractivity contribution in [2.45, 2.75) is 13.1 Å². The number of fused-ring (bicyclic) bond motifs is 3. The zero-order valence-corrected chi connectivity index (χ0v) is 15.0. The fraction of sp³-hybridized carbons (Fsp3) is 0.136. The molecule has 0 fully saturated rings. The van der Waals surface area contributed by atoms with Crippen LogP contribution in [0.1, 0.15) is 27.2 Å². The first-order valence-corrected chi connectivity index (χ1v) is 9.03. The number of hydrogen-bond acceptors (Lipinski definition) is 6. The monoisotopic (exact) mass is 371 g/mol. The number of carbonyl (C=O) groups is 1. The second-order valence-corrected chi connectivity index (χ2v) is 6.72. The molecule has 138 valence electrons. The third kappa shape index (κ3) is 3.04. The van der Waals surface area contributed by atoms with Gasteiger partial charge in [-0.1, -0.05) is 6.07 Å². The van der Waals surface area contributed by atoms with E-state index >= 15 is 0 Å². The summed E-state index contributed by atoms with van der Waals surface area (Å²) in [6, 6.07) is 13.1. The predicted molar refractivity (Wildman–Crippen MR) is 103 cm³/mol. The van der Waals surface area contributed by atoms with Crippen LogP contribution in [0.15, 0.2) is 66.8 Å². The minimum Gasteiger partial charge on any atom is -0.478 e. The Kier molecular flexibility index (Phi) is 4.10. The molecular weight excluding hydrogens is 354 g/mol. The van der Waals surface area contributed by atoms with E-state index in [4.69, 9.17) is 9.47 Å². The summed E-state index contributed by atoms with van der Waals surface area (Å²) < 4.78 is 11.9. The van der Waals surface area contributed by atoms with Crippen molar-refractivity contribution in [2.75, 3.05) is 6.73 Å². The Morgan fingerprint density at radius 1 is 1.07 bits per heavy atom. The SMILES string of the molecule is O=C1C(=Cc2ccncc2)Oc2c1ccc1c2CN(Cc2ccccn2)CO1. The minimum absolute atomic E-state index is 0.114. The molecule has 0 saturated heterocycles. The first kappa shape index (κ1) is 16.6. The van der Waals surface area contributed by atoms with Crippen LogP contribution in [0.2, 0.25) is 0 Å². The highest BCUT2D eigenvalue weighted by Crippen LogP contribution is 2.42. The molecule has 0 N–H and O–H groups in total. The Hall–Kier alpha value is -3.51. The number of nitrogens with zero attached hydrogens (tertiary/aromatic N) is 3. The maximum atomic E-state index is 12.8. The molecule has 4 heterocycles. The van der Waals surface area contributed by atoms with Gasteiger partial charge in [0.25, 0.3) is 0 Å². The fourth-order valence-corrected chi connectivity index (χ4v) is 3.44. The summed E-state index contributed by atoms with van der Waals surface area (Å²) in [5.41, 5.74) is 3.30. The van der Waals surface area contributed by atoms with Crippen LogP contribution >= 0.6 is 0 Å². The van der Waals surface area contributed by atoms with E-state index in [2.05, 4.69) is 14.9 Å². The highest BCUT2D eigenvalue weighted by Gasteiger charge is 2.33. The quantitative estimate of drug-likeness (QED) is 0.657. The average molecular weight is 371 g/mol. The van der Waals surface area contributed by atoms with Gasteiger partial charge < -0.3 is 9.47 Å². The van der Waals surface area contributed by atoms with Crippen molar-refractivity contribution in [3.63, 3.8) is 0 Å². The van der Waals surface area contributed by atoms with E-state index in [0.717, 1.165) is 22.6 Å². The van der Waals surface area contributed by atoms with E-state index in [9.17, 15) is 4.79 Å². The zero-order chi connectivity index (χ0) is 18.9. The Morgan fingerprint density at radius 3 is 2.79 bits per heavy atom. The summed E-state index contributed by atoms with van der Waals surface area (Å²) in [4.78, 5) is 23.3. The lowest BCUT2D eigenvalue weighted by molar-refractivity contribution is 0.0861. The van der Waals surface area contributed by atoms with Crippen LogP contribution in [0, 0.1) is 0 Å². The summed E-state index contributed by atoms with van der Waals surface area (Å²) in [5.74, 6) is 1.55. The van der Waals surface area contributed by atoms with Gasteiger partial charge in [0.2, 0.25) is 5.78 Å². The van der Waals surface area contributed by atoms with Crippen LogP contribution in [0.5, 0.6) is 11.5 Å². The van der Waals surface area contributed by atoms with Gasteiger partial charge >= 0.3 is 0 Å². The topological polar surface area (TPSA) is 64.5 Å². The molecule has 0 atom stereocenters. The molecule has 6 heteroatoms. The summed E-state index contributed by atoms with van der Waals surface area (Å²) in [5, 5.41) is 0. The molecule has 2 aliphatic rings. The molecule has 0 spiro atoms. The molecule has 6 nitrogen and oxygen atoms in total. The number of pyridine rings is 2. The molecule has 2 aromatic heterocycles. The lowest BCUT2D eigenvalue weighted by atomic mass is 10.0. The van der Waals surface area contributed by atoms with Gasteiger partial charge in [-0.2, -0.15) is 0 Å². The van der Waals surface area contributed by atoms with Gasteiger partial charge in [-0.25, -0.2) is 0 Å². The summed E-state index contributed by atoms with van der Waals surface area (Å²) >= 11 is 0. The number of benzene rings is 1. The van der Waals surface area contributed by atoms with E-state index in [0.29, 0.717) is 36.9 Å². The predicted octanol–water partition coefficient (Wildman–Crippen LogP) is 3.44. The van der Waals surface area contributed by atoms with Gasteiger partial charge in [0, 0.05) is 31.7 Å². The Labute approximate surface area is 162 Å². The Balaban J connectivity index is 1.44. The second kappa shape index (κ2) is 6.90. The van der Waals surface area contributed by atoms with Crippen molar-refractivity contribution >= 4 is 11.9 Å². The number of allylic oxidation sites excluding steroid dienone is 1.